The summed E-state index contributed by atoms with van der Waals surface area (Å²) in [5, 5.41) is 0. The van der Waals surface area contributed by atoms with Crippen LogP contribution in [0.3, 0.4) is 0 Å². The van der Waals surface area contributed by atoms with E-state index in [-0.39, 0.29) is 5.91 Å². The van der Waals surface area contributed by atoms with Crippen molar-refractivity contribution in [3.8, 4) is 0 Å². The van der Waals surface area contributed by atoms with Crippen LogP contribution in [-0.2, 0) is 11.3 Å². The van der Waals surface area contributed by atoms with Crippen LogP contribution in [0.15, 0.2) is 29.3 Å². The summed E-state index contributed by atoms with van der Waals surface area (Å²) in [6, 6.07) is 7.71. The zero-order valence-electron chi connectivity index (χ0n) is 13.6. The van der Waals surface area contributed by atoms with Gasteiger partial charge in [-0.15, -0.1) is 11.3 Å². The van der Waals surface area contributed by atoms with Crippen molar-refractivity contribution < 1.29 is 9.53 Å². The van der Waals surface area contributed by atoms with Crippen LogP contribution in [0.4, 0.5) is 0 Å². The van der Waals surface area contributed by atoms with Crippen molar-refractivity contribution >= 4 is 50.4 Å². The molecule has 1 aromatic carbocycles. The highest BCUT2D eigenvalue weighted by atomic mass is 35.5. The van der Waals surface area contributed by atoms with Crippen molar-refractivity contribution in [2.75, 3.05) is 13.7 Å². The molecule has 0 bridgehead atoms. The minimum Gasteiger partial charge on any atom is -0.383 e. The maximum atomic E-state index is 12.4. The normalized spacial score (nSPS) is 12.2. The molecule has 0 unspecified atom stereocenters. The minimum atomic E-state index is -0.266. The Labute approximate surface area is 153 Å². The highest BCUT2D eigenvalue weighted by Crippen LogP contribution is 2.24. The van der Waals surface area contributed by atoms with Crippen LogP contribution in [-0.4, -0.2) is 24.2 Å². The summed E-state index contributed by atoms with van der Waals surface area (Å²) < 4.78 is 8.95. The summed E-state index contributed by atoms with van der Waals surface area (Å²) in [6.45, 7) is 5.38. The van der Waals surface area contributed by atoms with Crippen LogP contribution in [0, 0.1) is 13.8 Å². The Bertz CT molecular complexity index is 969. The Hall–Kier alpha value is -1.47. The molecular formula is C17H17ClN2O2S2. The van der Waals surface area contributed by atoms with Gasteiger partial charge < -0.3 is 9.30 Å². The first-order valence-corrected chi connectivity index (χ1v) is 9.44. The van der Waals surface area contributed by atoms with Crippen LogP contribution in [0.2, 0.25) is 4.34 Å². The molecule has 0 spiro atoms. The fourth-order valence-corrected chi connectivity index (χ4v) is 4.44. The monoisotopic (exact) mass is 380 g/mol. The maximum absolute atomic E-state index is 12.4. The van der Waals surface area contributed by atoms with E-state index in [1.54, 1.807) is 19.2 Å². The number of carbonyl (C=O) groups is 1. The highest BCUT2D eigenvalue weighted by molar-refractivity contribution is 7.18. The van der Waals surface area contributed by atoms with Gasteiger partial charge in [-0.25, -0.2) is 0 Å². The Morgan fingerprint density at radius 3 is 2.67 bits per heavy atom. The Morgan fingerprint density at radius 1 is 1.25 bits per heavy atom. The Kier molecular flexibility index (Phi) is 5.20. The molecule has 4 nitrogen and oxygen atoms in total. The molecule has 2 heterocycles. The number of thiophene rings is 1. The highest BCUT2D eigenvalue weighted by Gasteiger charge is 2.12. The molecule has 7 heteroatoms. The van der Waals surface area contributed by atoms with E-state index in [1.165, 1.54) is 33.8 Å². The number of carbonyl (C=O) groups excluding carboxylic acids is 1. The number of rotatable bonds is 4. The minimum absolute atomic E-state index is 0.266. The summed E-state index contributed by atoms with van der Waals surface area (Å²) in [6.07, 6.45) is 0. The van der Waals surface area contributed by atoms with Crippen molar-refractivity contribution in [3.63, 3.8) is 0 Å². The lowest BCUT2D eigenvalue weighted by molar-refractivity contribution is 0.100. The first-order chi connectivity index (χ1) is 11.5. The Balaban J connectivity index is 2.14. The van der Waals surface area contributed by atoms with E-state index in [0.717, 1.165) is 10.2 Å². The number of ether oxygens (including phenoxy) is 1. The maximum Gasteiger partial charge on any atom is 0.289 e. The number of benzene rings is 1. The van der Waals surface area contributed by atoms with Crippen molar-refractivity contribution in [2.45, 2.75) is 20.4 Å². The second kappa shape index (κ2) is 7.19. The van der Waals surface area contributed by atoms with Crippen LogP contribution < -0.4 is 4.80 Å². The average Bonchev–Trinajstić information content (AvgIpc) is 3.10. The molecule has 1 amide bonds. The number of methoxy groups -OCH3 is 1. The fourth-order valence-electron chi connectivity index (χ4n) is 2.38. The fraction of sp³-hybridized carbons (Fsp3) is 0.294. The molecule has 0 aliphatic heterocycles. The van der Waals surface area contributed by atoms with Gasteiger partial charge in [0.25, 0.3) is 5.91 Å². The number of aryl methyl sites for hydroxylation is 2. The van der Waals surface area contributed by atoms with Gasteiger partial charge in [-0.3, -0.25) is 4.79 Å². The molecule has 3 rings (SSSR count). The third kappa shape index (κ3) is 3.47. The molecule has 0 aliphatic carbocycles. The second-order valence-corrected chi connectivity index (χ2v) is 8.18. The molecule has 0 fully saturated rings. The predicted molar refractivity (Wildman–Crippen MR) is 100 cm³/mol. The van der Waals surface area contributed by atoms with Crippen molar-refractivity contribution in [2.24, 2.45) is 4.99 Å². The largest absolute Gasteiger partial charge is 0.383 e. The Morgan fingerprint density at radius 2 is 2.00 bits per heavy atom. The molecule has 0 aliphatic rings. The van der Waals surface area contributed by atoms with Crippen LogP contribution in [0.25, 0.3) is 10.2 Å². The molecule has 0 radical (unpaired) electrons. The molecule has 126 valence electrons. The van der Waals surface area contributed by atoms with Gasteiger partial charge in [0.1, 0.15) is 0 Å². The summed E-state index contributed by atoms with van der Waals surface area (Å²) in [4.78, 5) is 18.0. The van der Waals surface area contributed by atoms with E-state index < -0.39 is 0 Å². The van der Waals surface area contributed by atoms with E-state index in [1.807, 2.05) is 4.57 Å². The van der Waals surface area contributed by atoms with Gasteiger partial charge in [-0.2, -0.15) is 4.99 Å². The summed E-state index contributed by atoms with van der Waals surface area (Å²) >= 11 is 8.67. The topological polar surface area (TPSA) is 43.6 Å². The van der Waals surface area contributed by atoms with E-state index in [2.05, 4.69) is 31.0 Å². The molecule has 0 atom stereocenters. The van der Waals surface area contributed by atoms with E-state index >= 15 is 0 Å². The van der Waals surface area contributed by atoms with Gasteiger partial charge in [0, 0.05) is 13.7 Å². The van der Waals surface area contributed by atoms with Crippen LogP contribution >= 0.6 is 34.3 Å². The quantitative estimate of drug-likeness (QED) is 0.672. The predicted octanol–water partition coefficient (Wildman–Crippen LogP) is 4.42. The van der Waals surface area contributed by atoms with Crippen molar-refractivity contribution in [1.82, 2.24) is 4.57 Å². The smallest absolute Gasteiger partial charge is 0.289 e. The summed E-state index contributed by atoms with van der Waals surface area (Å²) in [5.41, 5.74) is 3.52. The van der Waals surface area contributed by atoms with Crippen molar-refractivity contribution in [1.29, 1.82) is 0 Å². The third-order valence-corrected chi connectivity index (χ3v) is 6.06. The molecular weight excluding hydrogens is 364 g/mol. The van der Waals surface area contributed by atoms with Crippen LogP contribution in [0.5, 0.6) is 0 Å². The summed E-state index contributed by atoms with van der Waals surface area (Å²) in [5.74, 6) is -0.266. The molecule has 0 saturated carbocycles. The second-order valence-electron chi connectivity index (χ2n) is 5.45. The number of nitrogens with zero attached hydrogens (tertiary/aromatic N) is 2. The standard InChI is InChI=1S/C17H17ClN2O2S2/c1-10-8-12-14(9-11(10)2)24-17(20(12)6-7-22-3)19-16(21)13-4-5-15(18)23-13/h4-5,8-9H,6-7H2,1-3H3. The van der Waals surface area contributed by atoms with Gasteiger partial charge in [-0.05, 0) is 49.2 Å². The number of fused-ring (bicyclic) bond motifs is 1. The van der Waals surface area contributed by atoms with E-state index in [4.69, 9.17) is 16.3 Å². The van der Waals surface area contributed by atoms with Crippen LogP contribution in [0.1, 0.15) is 20.8 Å². The lowest BCUT2D eigenvalue weighted by Crippen LogP contribution is -2.19. The zero-order chi connectivity index (χ0) is 17.3. The number of hydrogen-bond acceptors (Lipinski definition) is 4. The van der Waals surface area contributed by atoms with Gasteiger partial charge in [0.15, 0.2) is 4.80 Å². The van der Waals surface area contributed by atoms with E-state index in [0.29, 0.717) is 27.2 Å². The SMILES string of the molecule is COCCn1c(=NC(=O)c2ccc(Cl)s2)sc2cc(C)c(C)cc21. The van der Waals surface area contributed by atoms with E-state index in [9.17, 15) is 4.79 Å². The van der Waals surface area contributed by atoms with Gasteiger partial charge in [0.05, 0.1) is 26.0 Å². The molecule has 2 aromatic heterocycles. The van der Waals surface area contributed by atoms with Crippen molar-refractivity contribution in [3.05, 3.63) is 49.4 Å². The molecule has 0 saturated heterocycles. The molecule has 3 aromatic rings. The number of halogens is 1. The summed E-state index contributed by atoms with van der Waals surface area (Å²) in [7, 11) is 1.67. The first-order valence-electron chi connectivity index (χ1n) is 7.43. The van der Waals surface area contributed by atoms with Gasteiger partial charge in [0.2, 0.25) is 0 Å². The van der Waals surface area contributed by atoms with Gasteiger partial charge in [-0.1, -0.05) is 22.9 Å². The zero-order valence-corrected chi connectivity index (χ0v) is 16.0. The van der Waals surface area contributed by atoms with Gasteiger partial charge >= 0.3 is 0 Å². The number of amides is 1. The molecule has 0 N–H and O–H groups in total. The number of thiazole rings is 1. The lowest BCUT2D eigenvalue weighted by atomic mass is 10.1. The first kappa shape index (κ1) is 17.4. The molecule has 24 heavy (non-hydrogen) atoms. The number of aromatic nitrogens is 1. The average molecular weight is 381 g/mol. The third-order valence-electron chi connectivity index (χ3n) is 3.80. The lowest BCUT2D eigenvalue weighted by Gasteiger charge is -2.06. The number of hydrogen-bond donors (Lipinski definition) is 0.